The van der Waals surface area contributed by atoms with Gasteiger partial charge in [-0.25, -0.2) is 13.1 Å². The summed E-state index contributed by atoms with van der Waals surface area (Å²) in [5, 5.41) is 2.88. The number of furan rings is 1. The second kappa shape index (κ2) is 8.58. The van der Waals surface area contributed by atoms with Crippen LogP contribution >= 0.6 is 0 Å². The SMILES string of the molecule is CCS(=O)(=O)NC1CCN(c2ccccc2C(=O)NCc2ccco2)CC1. The van der Waals surface area contributed by atoms with E-state index in [1.165, 1.54) is 0 Å². The molecule has 1 saturated heterocycles. The third-order valence-corrected chi connectivity index (χ3v) is 6.17. The smallest absolute Gasteiger partial charge is 0.253 e. The molecule has 1 aromatic heterocycles. The normalized spacial score (nSPS) is 15.7. The fourth-order valence-corrected chi connectivity index (χ4v) is 4.10. The highest BCUT2D eigenvalue weighted by atomic mass is 32.2. The minimum Gasteiger partial charge on any atom is -0.467 e. The van der Waals surface area contributed by atoms with Gasteiger partial charge in [0.2, 0.25) is 10.0 Å². The van der Waals surface area contributed by atoms with E-state index >= 15 is 0 Å². The molecule has 146 valence electrons. The van der Waals surface area contributed by atoms with Crippen molar-refractivity contribution >= 4 is 21.6 Å². The lowest BCUT2D eigenvalue weighted by atomic mass is 10.0. The summed E-state index contributed by atoms with van der Waals surface area (Å²) in [6, 6.07) is 11.0. The molecule has 0 radical (unpaired) electrons. The van der Waals surface area contributed by atoms with Crippen molar-refractivity contribution in [3.05, 3.63) is 54.0 Å². The van der Waals surface area contributed by atoms with E-state index in [2.05, 4.69) is 14.9 Å². The van der Waals surface area contributed by atoms with Crippen LogP contribution in [0.3, 0.4) is 0 Å². The first-order chi connectivity index (χ1) is 13.0. The van der Waals surface area contributed by atoms with E-state index in [-0.39, 0.29) is 17.7 Å². The second-order valence-electron chi connectivity index (χ2n) is 6.56. The molecule has 2 aromatic rings. The van der Waals surface area contributed by atoms with E-state index in [0.717, 1.165) is 5.69 Å². The van der Waals surface area contributed by atoms with Crippen molar-refractivity contribution in [2.24, 2.45) is 0 Å². The number of benzene rings is 1. The van der Waals surface area contributed by atoms with E-state index in [1.807, 2.05) is 24.3 Å². The molecule has 1 aromatic carbocycles. The summed E-state index contributed by atoms with van der Waals surface area (Å²) in [7, 11) is -3.19. The van der Waals surface area contributed by atoms with Gasteiger partial charge in [-0.05, 0) is 44.0 Å². The van der Waals surface area contributed by atoms with Crippen LogP contribution in [0.4, 0.5) is 5.69 Å². The molecule has 27 heavy (non-hydrogen) atoms. The Hall–Kier alpha value is -2.32. The molecule has 0 saturated carbocycles. The number of piperidine rings is 1. The number of carbonyl (C=O) groups is 1. The lowest BCUT2D eigenvalue weighted by Gasteiger charge is -2.34. The summed E-state index contributed by atoms with van der Waals surface area (Å²) in [4.78, 5) is 14.8. The van der Waals surface area contributed by atoms with Crippen LogP contribution in [-0.4, -0.2) is 39.2 Å². The molecule has 1 amide bonds. The molecule has 3 rings (SSSR count). The minimum atomic E-state index is -3.19. The summed E-state index contributed by atoms with van der Waals surface area (Å²) in [5.41, 5.74) is 1.47. The number of nitrogens with one attached hydrogen (secondary N) is 2. The van der Waals surface area contributed by atoms with E-state index < -0.39 is 10.0 Å². The van der Waals surface area contributed by atoms with Crippen molar-refractivity contribution in [2.45, 2.75) is 32.4 Å². The van der Waals surface area contributed by atoms with Gasteiger partial charge >= 0.3 is 0 Å². The van der Waals surface area contributed by atoms with Crippen LogP contribution in [0.25, 0.3) is 0 Å². The molecule has 0 spiro atoms. The van der Waals surface area contributed by atoms with Crippen LogP contribution in [0.2, 0.25) is 0 Å². The zero-order valence-electron chi connectivity index (χ0n) is 15.3. The summed E-state index contributed by atoms with van der Waals surface area (Å²) < 4.78 is 31.5. The van der Waals surface area contributed by atoms with Gasteiger partial charge in [-0.2, -0.15) is 0 Å². The monoisotopic (exact) mass is 391 g/mol. The Morgan fingerprint density at radius 2 is 1.93 bits per heavy atom. The van der Waals surface area contributed by atoms with Crippen molar-refractivity contribution < 1.29 is 17.6 Å². The van der Waals surface area contributed by atoms with E-state index in [4.69, 9.17) is 4.42 Å². The molecule has 1 aliphatic rings. The van der Waals surface area contributed by atoms with Gasteiger partial charge in [0.05, 0.1) is 24.1 Å². The zero-order valence-corrected chi connectivity index (χ0v) is 16.2. The lowest BCUT2D eigenvalue weighted by Crippen LogP contribution is -2.45. The Balaban J connectivity index is 1.63. The minimum absolute atomic E-state index is 0.0499. The van der Waals surface area contributed by atoms with Crippen LogP contribution < -0.4 is 14.9 Å². The van der Waals surface area contributed by atoms with Crippen LogP contribution in [-0.2, 0) is 16.6 Å². The number of para-hydroxylation sites is 1. The highest BCUT2D eigenvalue weighted by molar-refractivity contribution is 7.89. The first kappa shape index (κ1) is 19.4. The Morgan fingerprint density at radius 1 is 1.19 bits per heavy atom. The maximum atomic E-state index is 12.6. The molecule has 7 nitrogen and oxygen atoms in total. The van der Waals surface area contributed by atoms with Crippen LogP contribution in [0.1, 0.15) is 35.9 Å². The van der Waals surface area contributed by atoms with Crippen LogP contribution in [0.15, 0.2) is 47.1 Å². The summed E-state index contributed by atoms with van der Waals surface area (Å²) >= 11 is 0. The Labute approximate surface area is 159 Å². The molecule has 1 fully saturated rings. The Kier molecular flexibility index (Phi) is 6.18. The Bertz CT molecular complexity index is 857. The van der Waals surface area contributed by atoms with Crippen molar-refractivity contribution in [2.75, 3.05) is 23.7 Å². The van der Waals surface area contributed by atoms with Crippen molar-refractivity contribution in [1.82, 2.24) is 10.0 Å². The highest BCUT2D eigenvalue weighted by Gasteiger charge is 2.25. The lowest BCUT2D eigenvalue weighted by molar-refractivity contribution is 0.0948. The molecule has 0 unspecified atom stereocenters. The molecule has 0 bridgehead atoms. The number of sulfonamides is 1. The number of hydrogen-bond acceptors (Lipinski definition) is 5. The zero-order chi connectivity index (χ0) is 19.3. The van der Waals surface area contributed by atoms with Crippen LogP contribution in [0.5, 0.6) is 0 Å². The average molecular weight is 391 g/mol. The second-order valence-corrected chi connectivity index (χ2v) is 8.60. The molecule has 0 aliphatic carbocycles. The fraction of sp³-hybridized carbons (Fsp3) is 0.421. The van der Waals surface area contributed by atoms with Crippen LogP contribution in [0, 0.1) is 0 Å². The van der Waals surface area contributed by atoms with Gasteiger partial charge in [0, 0.05) is 24.8 Å². The largest absolute Gasteiger partial charge is 0.467 e. The first-order valence-electron chi connectivity index (χ1n) is 9.13. The van der Waals surface area contributed by atoms with Crippen molar-refractivity contribution in [3.8, 4) is 0 Å². The quantitative estimate of drug-likeness (QED) is 0.754. The third kappa shape index (κ3) is 5.11. The Morgan fingerprint density at radius 3 is 2.59 bits per heavy atom. The number of nitrogens with zero attached hydrogens (tertiary/aromatic N) is 1. The van der Waals surface area contributed by atoms with E-state index in [1.54, 1.807) is 25.3 Å². The maximum Gasteiger partial charge on any atom is 0.253 e. The molecule has 1 aliphatic heterocycles. The topological polar surface area (TPSA) is 91.7 Å². The predicted octanol–water partition coefficient (Wildman–Crippen LogP) is 2.12. The van der Waals surface area contributed by atoms with Gasteiger partial charge in [-0.1, -0.05) is 12.1 Å². The summed E-state index contributed by atoms with van der Waals surface area (Å²) in [6.45, 7) is 3.36. The number of carbonyl (C=O) groups excluding carboxylic acids is 1. The molecule has 8 heteroatoms. The molecule has 2 N–H and O–H groups in total. The average Bonchev–Trinajstić information content (AvgIpc) is 3.20. The number of anilines is 1. The standard InChI is InChI=1S/C19H25N3O4S/c1-2-27(24,25)21-15-9-11-22(12-10-15)18-8-4-3-7-17(18)19(23)20-14-16-6-5-13-26-16/h3-8,13,15,21H,2,9-12,14H2,1H3,(H,20,23). The maximum absolute atomic E-state index is 12.6. The van der Waals surface area contributed by atoms with Gasteiger partial charge < -0.3 is 14.6 Å². The van der Waals surface area contributed by atoms with E-state index in [9.17, 15) is 13.2 Å². The number of hydrogen-bond donors (Lipinski definition) is 2. The summed E-state index contributed by atoms with van der Waals surface area (Å²) in [6.07, 6.45) is 3.00. The molecular weight excluding hydrogens is 366 g/mol. The number of amides is 1. The first-order valence-corrected chi connectivity index (χ1v) is 10.8. The van der Waals surface area contributed by atoms with Gasteiger partial charge in [0.1, 0.15) is 5.76 Å². The molecule has 0 atom stereocenters. The predicted molar refractivity (Wildman–Crippen MR) is 104 cm³/mol. The van der Waals surface area contributed by atoms with Gasteiger partial charge in [0.15, 0.2) is 0 Å². The van der Waals surface area contributed by atoms with Crippen molar-refractivity contribution in [1.29, 1.82) is 0 Å². The van der Waals surface area contributed by atoms with Gasteiger partial charge in [-0.3, -0.25) is 4.79 Å². The fourth-order valence-electron chi connectivity index (χ4n) is 3.19. The third-order valence-electron chi connectivity index (χ3n) is 4.71. The highest BCUT2D eigenvalue weighted by Crippen LogP contribution is 2.24. The molecule has 2 heterocycles. The van der Waals surface area contributed by atoms with E-state index in [0.29, 0.717) is 43.8 Å². The van der Waals surface area contributed by atoms with Crippen molar-refractivity contribution in [3.63, 3.8) is 0 Å². The molecular formula is C19H25N3O4S. The van der Waals surface area contributed by atoms with Gasteiger partial charge in [-0.15, -0.1) is 0 Å². The van der Waals surface area contributed by atoms with Gasteiger partial charge in [0.25, 0.3) is 5.91 Å². The number of rotatable bonds is 7. The summed E-state index contributed by atoms with van der Waals surface area (Å²) in [5.74, 6) is 0.631.